The number of aldehydes is 1. The van der Waals surface area contributed by atoms with Gasteiger partial charge >= 0.3 is 0 Å². The van der Waals surface area contributed by atoms with Gasteiger partial charge in [-0.2, -0.15) is 0 Å². The van der Waals surface area contributed by atoms with Crippen molar-refractivity contribution in [3.8, 4) is 0 Å². The Morgan fingerprint density at radius 1 is 1.47 bits per heavy atom. The fourth-order valence-corrected chi connectivity index (χ4v) is 2.80. The first-order valence-electron chi connectivity index (χ1n) is 5.16. The van der Waals surface area contributed by atoms with Gasteiger partial charge in [0.15, 0.2) is 0 Å². The van der Waals surface area contributed by atoms with Crippen LogP contribution in [0.15, 0.2) is 24.3 Å². The van der Waals surface area contributed by atoms with Crippen molar-refractivity contribution in [3.05, 3.63) is 35.4 Å². The summed E-state index contributed by atoms with van der Waals surface area (Å²) in [5.74, 6) is 1.06. The van der Waals surface area contributed by atoms with Crippen molar-refractivity contribution in [1.29, 1.82) is 0 Å². The zero-order valence-electron chi connectivity index (χ0n) is 8.85. The molecule has 0 radical (unpaired) electrons. The third-order valence-corrected chi connectivity index (χ3v) is 3.82. The Hall–Kier alpha value is -0.800. The molecular formula is C12H15NOS. The molecule has 1 fully saturated rings. The number of rotatable bonds is 3. The first kappa shape index (κ1) is 10.7. The summed E-state index contributed by atoms with van der Waals surface area (Å²) in [7, 11) is 0. The molecule has 1 aromatic carbocycles. The highest BCUT2D eigenvalue weighted by Gasteiger charge is 2.24. The van der Waals surface area contributed by atoms with Crippen LogP contribution in [0, 0.1) is 6.92 Å². The van der Waals surface area contributed by atoms with E-state index < -0.39 is 0 Å². The van der Waals surface area contributed by atoms with Gasteiger partial charge in [-0.25, -0.2) is 0 Å². The van der Waals surface area contributed by atoms with Crippen LogP contribution in [0.25, 0.3) is 0 Å². The summed E-state index contributed by atoms with van der Waals surface area (Å²) < 4.78 is 0. The van der Waals surface area contributed by atoms with E-state index in [2.05, 4.69) is 36.1 Å². The van der Waals surface area contributed by atoms with Gasteiger partial charge in [-0.05, 0) is 12.5 Å². The van der Waals surface area contributed by atoms with Gasteiger partial charge in [0.05, 0.1) is 0 Å². The highest BCUT2D eigenvalue weighted by molar-refractivity contribution is 8.00. The van der Waals surface area contributed by atoms with E-state index in [1.54, 1.807) is 11.8 Å². The molecular weight excluding hydrogens is 206 g/mol. The number of carbonyl (C=O) groups excluding carboxylic acids is 1. The van der Waals surface area contributed by atoms with Crippen molar-refractivity contribution in [2.75, 3.05) is 12.3 Å². The molecule has 1 atom stereocenters. The van der Waals surface area contributed by atoms with E-state index in [1.165, 1.54) is 11.1 Å². The Labute approximate surface area is 94.7 Å². The van der Waals surface area contributed by atoms with E-state index in [4.69, 9.17) is 0 Å². The molecule has 3 heteroatoms. The van der Waals surface area contributed by atoms with Gasteiger partial charge in [0.25, 0.3) is 0 Å². The van der Waals surface area contributed by atoms with Gasteiger partial charge in [0.1, 0.15) is 11.7 Å². The topological polar surface area (TPSA) is 20.3 Å². The number of carbonyl (C=O) groups is 1. The fraction of sp³-hybridized carbons (Fsp3) is 0.417. The first-order valence-corrected chi connectivity index (χ1v) is 6.21. The minimum atomic E-state index is 0.0614. The zero-order chi connectivity index (χ0) is 10.7. The maximum Gasteiger partial charge on any atom is 0.147 e. The van der Waals surface area contributed by atoms with Gasteiger partial charge in [0.2, 0.25) is 0 Å². The van der Waals surface area contributed by atoms with Gasteiger partial charge in [-0.3, -0.25) is 4.90 Å². The normalized spacial score (nSPS) is 21.8. The van der Waals surface area contributed by atoms with Crippen molar-refractivity contribution in [1.82, 2.24) is 4.90 Å². The maximum atomic E-state index is 10.8. The van der Waals surface area contributed by atoms with Crippen LogP contribution in [0.2, 0.25) is 0 Å². The molecule has 1 heterocycles. The third-order valence-electron chi connectivity index (χ3n) is 2.65. The third kappa shape index (κ3) is 2.61. The van der Waals surface area contributed by atoms with Crippen LogP contribution < -0.4 is 0 Å². The summed E-state index contributed by atoms with van der Waals surface area (Å²) >= 11 is 1.73. The average molecular weight is 221 g/mol. The fourth-order valence-electron chi connectivity index (χ4n) is 1.75. The number of aryl methyl sites for hydroxylation is 1. The molecule has 2 rings (SSSR count). The van der Waals surface area contributed by atoms with E-state index >= 15 is 0 Å². The van der Waals surface area contributed by atoms with Gasteiger partial charge in [0, 0.05) is 18.8 Å². The van der Waals surface area contributed by atoms with Crippen LogP contribution in [0.5, 0.6) is 0 Å². The molecule has 0 spiro atoms. The Morgan fingerprint density at radius 3 is 2.87 bits per heavy atom. The molecule has 1 aliphatic rings. The maximum absolute atomic E-state index is 10.8. The molecule has 15 heavy (non-hydrogen) atoms. The molecule has 1 saturated heterocycles. The Morgan fingerprint density at radius 2 is 2.20 bits per heavy atom. The smallest absolute Gasteiger partial charge is 0.147 e. The van der Waals surface area contributed by atoms with Crippen LogP contribution >= 0.6 is 11.8 Å². The Kier molecular flexibility index (Phi) is 3.44. The van der Waals surface area contributed by atoms with Crippen LogP contribution in [0.3, 0.4) is 0 Å². The average Bonchev–Trinajstić information content (AvgIpc) is 2.69. The predicted octanol–water partition coefficient (Wildman–Crippen LogP) is 2.07. The van der Waals surface area contributed by atoms with Gasteiger partial charge < -0.3 is 4.79 Å². The summed E-state index contributed by atoms with van der Waals surface area (Å²) in [5.41, 5.74) is 2.57. The second kappa shape index (κ2) is 4.81. The second-order valence-corrected chi connectivity index (χ2v) is 5.08. The highest BCUT2D eigenvalue weighted by Crippen LogP contribution is 2.23. The van der Waals surface area contributed by atoms with Crippen molar-refractivity contribution in [2.45, 2.75) is 18.8 Å². The molecule has 0 aliphatic carbocycles. The molecule has 0 bridgehead atoms. The van der Waals surface area contributed by atoms with Gasteiger partial charge in [-0.15, -0.1) is 11.8 Å². The minimum absolute atomic E-state index is 0.0614. The summed E-state index contributed by atoms with van der Waals surface area (Å²) in [5, 5.41) is 0.0614. The molecule has 0 N–H and O–H groups in total. The molecule has 1 aliphatic heterocycles. The highest BCUT2D eigenvalue weighted by atomic mass is 32.2. The Balaban J connectivity index is 2.02. The SMILES string of the molecule is Cc1ccc(CN2CCSC2C=O)cc1. The predicted molar refractivity (Wildman–Crippen MR) is 63.9 cm³/mol. The summed E-state index contributed by atoms with van der Waals surface area (Å²) in [6.07, 6.45) is 1.05. The first-order chi connectivity index (χ1) is 7.29. The van der Waals surface area contributed by atoms with Crippen LogP contribution in [-0.2, 0) is 11.3 Å². The lowest BCUT2D eigenvalue weighted by atomic mass is 10.1. The minimum Gasteiger partial charge on any atom is -0.301 e. The van der Waals surface area contributed by atoms with Crippen LogP contribution in [0.1, 0.15) is 11.1 Å². The number of hydrogen-bond acceptors (Lipinski definition) is 3. The largest absolute Gasteiger partial charge is 0.301 e. The number of hydrogen-bond donors (Lipinski definition) is 0. The van der Waals surface area contributed by atoms with E-state index in [1.807, 2.05) is 0 Å². The summed E-state index contributed by atoms with van der Waals surface area (Å²) in [4.78, 5) is 13.0. The zero-order valence-corrected chi connectivity index (χ0v) is 9.67. The lowest BCUT2D eigenvalue weighted by molar-refractivity contribution is -0.109. The van der Waals surface area contributed by atoms with Gasteiger partial charge in [-0.1, -0.05) is 29.8 Å². The number of nitrogens with zero attached hydrogens (tertiary/aromatic N) is 1. The molecule has 2 nitrogen and oxygen atoms in total. The van der Waals surface area contributed by atoms with Crippen LogP contribution in [0.4, 0.5) is 0 Å². The van der Waals surface area contributed by atoms with Crippen molar-refractivity contribution in [3.63, 3.8) is 0 Å². The van der Waals surface area contributed by atoms with Crippen molar-refractivity contribution >= 4 is 18.0 Å². The van der Waals surface area contributed by atoms with E-state index in [-0.39, 0.29) is 5.37 Å². The molecule has 1 unspecified atom stereocenters. The molecule has 0 saturated carbocycles. The lowest BCUT2D eigenvalue weighted by Crippen LogP contribution is -2.28. The number of thioether (sulfide) groups is 1. The molecule has 1 aromatic rings. The van der Waals surface area contributed by atoms with Crippen molar-refractivity contribution in [2.24, 2.45) is 0 Å². The van der Waals surface area contributed by atoms with E-state index in [9.17, 15) is 4.79 Å². The standard InChI is InChI=1S/C12H15NOS/c1-10-2-4-11(5-3-10)8-13-6-7-15-12(13)9-14/h2-5,9,12H,6-8H2,1H3. The second-order valence-electron chi connectivity index (χ2n) is 3.85. The Bertz CT molecular complexity index is 336. The quantitative estimate of drug-likeness (QED) is 0.729. The lowest BCUT2D eigenvalue weighted by Gasteiger charge is -2.18. The van der Waals surface area contributed by atoms with E-state index in [0.717, 1.165) is 25.1 Å². The van der Waals surface area contributed by atoms with E-state index in [0.29, 0.717) is 0 Å². The van der Waals surface area contributed by atoms with Crippen molar-refractivity contribution < 1.29 is 4.79 Å². The number of benzene rings is 1. The molecule has 0 aromatic heterocycles. The monoisotopic (exact) mass is 221 g/mol. The summed E-state index contributed by atoms with van der Waals surface area (Å²) in [6.45, 7) is 3.99. The summed E-state index contributed by atoms with van der Waals surface area (Å²) in [6, 6.07) is 8.52. The molecule has 80 valence electrons. The molecule has 0 amide bonds. The van der Waals surface area contributed by atoms with Crippen LogP contribution in [-0.4, -0.2) is 28.9 Å².